The van der Waals surface area contributed by atoms with E-state index in [1.165, 1.54) is 16.7 Å². The van der Waals surface area contributed by atoms with Crippen molar-refractivity contribution >= 4 is 11.3 Å². The van der Waals surface area contributed by atoms with Gasteiger partial charge >= 0.3 is 0 Å². The number of aryl methyl sites for hydroxylation is 1. The third-order valence-corrected chi connectivity index (χ3v) is 4.10. The molecule has 90 valence electrons. The van der Waals surface area contributed by atoms with Crippen molar-refractivity contribution in [2.45, 2.75) is 33.4 Å². The molecule has 0 amide bonds. The van der Waals surface area contributed by atoms with Gasteiger partial charge in [0.05, 0.1) is 6.04 Å². The van der Waals surface area contributed by atoms with Crippen LogP contribution < -0.4 is 5.32 Å². The number of hydrogen-bond acceptors (Lipinski definition) is 3. The first-order chi connectivity index (χ1) is 8.18. The van der Waals surface area contributed by atoms with E-state index in [2.05, 4.69) is 49.3 Å². The number of hydrogen-bond donors (Lipinski definition) is 1. The summed E-state index contributed by atoms with van der Waals surface area (Å²) in [5.74, 6) is 0. The summed E-state index contributed by atoms with van der Waals surface area (Å²) in [5.41, 5.74) is 4.10. The fourth-order valence-corrected chi connectivity index (χ4v) is 2.47. The van der Waals surface area contributed by atoms with Crippen LogP contribution in [-0.2, 0) is 6.54 Å². The van der Waals surface area contributed by atoms with Crippen LogP contribution in [-0.4, -0.2) is 4.98 Å². The minimum Gasteiger partial charge on any atom is -0.304 e. The molecule has 0 fully saturated rings. The van der Waals surface area contributed by atoms with E-state index in [1.54, 1.807) is 11.3 Å². The van der Waals surface area contributed by atoms with Gasteiger partial charge in [0.15, 0.2) is 0 Å². The first-order valence-corrected chi connectivity index (χ1v) is 6.74. The zero-order valence-corrected chi connectivity index (χ0v) is 11.3. The standard InChI is InChI=1S/C14H18N2S/c1-10-5-4-6-13(11(10)2)9-16-12(3)14-15-7-8-17-14/h4-8,12,16H,9H2,1-3H3. The van der Waals surface area contributed by atoms with Gasteiger partial charge in [-0.2, -0.15) is 0 Å². The van der Waals surface area contributed by atoms with Crippen LogP contribution in [0.2, 0.25) is 0 Å². The van der Waals surface area contributed by atoms with Gasteiger partial charge < -0.3 is 5.32 Å². The van der Waals surface area contributed by atoms with Gasteiger partial charge in [-0.05, 0) is 37.5 Å². The highest BCUT2D eigenvalue weighted by molar-refractivity contribution is 7.09. The lowest BCUT2D eigenvalue weighted by atomic mass is 10.0. The van der Waals surface area contributed by atoms with E-state index in [0.717, 1.165) is 11.6 Å². The molecule has 1 atom stereocenters. The summed E-state index contributed by atoms with van der Waals surface area (Å²) >= 11 is 1.70. The second kappa shape index (κ2) is 5.43. The van der Waals surface area contributed by atoms with E-state index in [-0.39, 0.29) is 0 Å². The van der Waals surface area contributed by atoms with E-state index in [4.69, 9.17) is 0 Å². The number of nitrogens with zero attached hydrogens (tertiary/aromatic N) is 1. The summed E-state index contributed by atoms with van der Waals surface area (Å²) in [7, 11) is 0. The summed E-state index contributed by atoms with van der Waals surface area (Å²) in [6.45, 7) is 7.39. The molecule has 1 aromatic heterocycles. The number of aromatic nitrogens is 1. The molecule has 1 aromatic carbocycles. The molecule has 2 rings (SSSR count). The Morgan fingerprint density at radius 3 is 2.88 bits per heavy atom. The van der Waals surface area contributed by atoms with Crippen molar-refractivity contribution in [2.75, 3.05) is 0 Å². The van der Waals surface area contributed by atoms with Crippen LogP contribution in [0.5, 0.6) is 0 Å². The lowest BCUT2D eigenvalue weighted by Crippen LogP contribution is -2.18. The molecule has 0 saturated carbocycles. The fraction of sp³-hybridized carbons (Fsp3) is 0.357. The van der Waals surface area contributed by atoms with Crippen LogP contribution in [0.4, 0.5) is 0 Å². The van der Waals surface area contributed by atoms with Crippen LogP contribution in [0.1, 0.15) is 34.7 Å². The van der Waals surface area contributed by atoms with Gasteiger partial charge in [0.1, 0.15) is 5.01 Å². The van der Waals surface area contributed by atoms with Gasteiger partial charge in [-0.1, -0.05) is 18.2 Å². The largest absolute Gasteiger partial charge is 0.304 e. The molecule has 0 radical (unpaired) electrons. The second-order valence-corrected chi connectivity index (χ2v) is 5.26. The molecular formula is C14H18N2S. The third-order valence-electron chi connectivity index (χ3n) is 3.14. The van der Waals surface area contributed by atoms with Gasteiger partial charge in [-0.25, -0.2) is 4.98 Å². The van der Waals surface area contributed by atoms with E-state index in [1.807, 2.05) is 11.6 Å². The number of thiazole rings is 1. The molecule has 0 aliphatic rings. The highest BCUT2D eigenvalue weighted by atomic mass is 32.1. The van der Waals surface area contributed by atoms with E-state index in [9.17, 15) is 0 Å². The SMILES string of the molecule is Cc1cccc(CNC(C)c2nccs2)c1C. The Morgan fingerprint density at radius 2 is 2.18 bits per heavy atom. The summed E-state index contributed by atoms with van der Waals surface area (Å²) in [6.07, 6.45) is 1.86. The zero-order valence-electron chi connectivity index (χ0n) is 10.5. The van der Waals surface area contributed by atoms with Crippen molar-refractivity contribution < 1.29 is 0 Å². The molecule has 0 aliphatic heterocycles. The zero-order chi connectivity index (χ0) is 12.3. The topological polar surface area (TPSA) is 24.9 Å². The Bertz CT molecular complexity index is 477. The van der Waals surface area contributed by atoms with Crippen LogP contribution in [0.25, 0.3) is 0 Å². The number of nitrogens with one attached hydrogen (secondary N) is 1. The summed E-state index contributed by atoms with van der Waals surface area (Å²) in [6, 6.07) is 6.77. The van der Waals surface area contributed by atoms with Gasteiger partial charge in [-0.15, -0.1) is 11.3 Å². The Morgan fingerprint density at radius 1 is 1.35 bits per heavy atom. The van der Waals surface area contributed by atoms with Gasteiger partial charge in [0.25, 0.3) is 0 Å². The van der Waals surface area contributed by atoms with Crippen LogP contribution in [0.15, 0.2) is 29.8 Å². The molecule has 0 saturated heterocycles. The Kier molecular flexibility index (Phi) is 3.92. The molecule has 0 spiro atoms. The van der Waals surface area contributed by atoms with Crippen molar-refractivity contribution in [3.8, 4) is 0 Å². The highest BCUT2D eigenvalue weighted by Crippen LogP contribution is 2.17. The predicted octanol–water partition coefficient (Wildman–Crippen LogP) is 3.61. The highest BCUT2D eigenvalue weighted by Gasteiger charge is 2.08. The first kappa shape index (κ1) is 12.3. The predicted molar refractivity (Wildman–Crippen MR) is 73.3 cm³/mol. The van der Waals surface area contributed by atoms with Crippen LogP contribution >= 0.6 is 11.3 Å². The monoisotopic (exact) mass is 246 g/mol. The number of benzene rings is 1. The Balaban J connectivity index is 2.00. The number of rotatable bonds is 4. The molecule has 17 heavy (non-hydrogen) atoms. The quantitative estimate of drug-likeness (QED) is 0.891. The minimum absolute atomic E-state index is 0.315. The molecule has 3 heteroatoms. The van der Waals surface area contributed by atoms with Gasteiger partial charge in [0, 0.05) is 18.1 Å². The molecular weight excluding hydrogens is 228 g/mol. The maximum Gasteiger partial charge on any atom is 0.109 e. The molecule has 2 aromatic rings. The average molecular weight is 246 g/mol. The Hall–Kier alpha value is -1.19. The minimum atomic E-state index is 0.315. The molecule has 1 N–H and O–H groups in total. The first-order valence-electron chi connectivity index (χ1n) is 5.86. The van der Waals surface area contributed by atoms with Crippen LogP contribution in [0.3, 0.4) is 0 Å². The van der Waals surface area contributed by atoms with Crippen LogP contribution in [0, 0.1) is 13.8 Å². The van der Waals surface area contributed by atoms with Crippen molar-refractivity contribution in [1.29, 1.82) is 0 Å². The summed E-state index contributed by atoms with van der Waals surface area (Å²) in [5, 5.41) is 6.68. The molecule has 0 aliphatic carbocycles. The average Bonchev–Trinajstić information content (AvgIpc) is 2.84. The normalized spacial score (nSPS) is 12.6. The second-order valence-electron chi connectivity index (χ2n) is 4.33. The maximum absolute atomic E-state index is 4.32. The van der Waals surface area contributed by atoms with Crippen molar-refractivity contribution in [2.24, 2.45) is 0 Å². The third kappa shape index (κ3) is 2.93. The summed E-state index contributed by atoms with van der Waals surface area (Å²) in [4.78, 5) is 4.32. The molecule has 2 nitrogen and oxygen atoms in total. The molecule has 1 unspecified atom stereocenters. The van der Waals surface area contributed by atoms with Crippen molar-refractivity contribution in [3.05, 3.63) is 51.5 Å². The fourth-order valence-electron chi connectivity index (χ4n) is 1.80. The smallest absolute Gasteiger partial charge is 0.109 e. The van der Waals surface area contributed by atoms with E-state index < -0.39 is 0 Å². The van der Waals surface area contributed by atoms with Crippen molar-refractivity contribution in [1.82, 2.24) is 10.3 Å². The summed E-state index contributed by atoms with van der Waals surface area (Å²) < 4.78 is 0. The van der Waals surface area contributed by atoms with Crippen molar-refractivity contribution in [3.63, 3.8) is 0 Å². The lowest BCUT2D eigenvalue weighted by molar-refractivity contribution is 0.570. The Labute approximate surface area is 107 Å². The van der Waals surface area contributed by atoms with E-state index >= 15 is 0 Å². The molecule has 0 bridgehead atoms. The van der Waals surface area contributed by atoms with Gasteiger partial charge in [0.2, 0.25) is 0 Å². The van der Waals surface area contributed by atoms with Gasteiger partial charge in [-0.3, -0.25) is 0 Å². The van der Waals surface area contributed by atoms with E-state index in [0.29, 0.717) is 6.04 Å². The molecule has 1 heterocycles. The maximum atomic E-state index is 4.32. The lowest BCUT2D eigenvalue weighted by Gasteiger charge is -2.13.